The molecule has 1 saturated heterocycles. The molecule has 0 bridgehead atoms. The van der Waals surface area contributed by atoms with Gasteiger partial charge in [0.25, 0.3) is 10.2 Å². The van der Waals surface area contributed by atoms with E-state index in [0.29, 0.717) is 37.8 Å². The van der Waals surface area contributed by atoms with Crippen LogP contribution in [0.1, 0.15) is 44.8 Å². The van der Waals surface area contributed by atoms with Crippen LogP contribution in [0.3, 0.4) is 0 Å². The molecular formula is C14H25N5O4S. The molecule has 1 N–H and O–H groups in total. The molecule has 1 atom stereocenters. The van der Waals surface area contributed by atoms with Gasteiger partial charge in [-0.25, -0.2) is 0 Å². The molecule has 10 heteroatoms. The predicted octanol–water partition coefficient (Wildman–Crippen LogP) is 0.435. The molecule has 0 radical (unpaired) electrons. The third-order valence-electron chi connectivity index (χ3n) is 4.01. The second kappa shape index (κ2) is 8.04. The molecule has 1 aliphatic heterocycles. The van der Waals surface area contributed by atoms with Crippen molar-refractivity contribution in [1.29, 1.82) is 0 Å². The quantitative estimate of drug-likeness (QED) is 0.756. The van der Waals surface area contributed by atoms with Crippen LogP contribution in [0, 0.1) is 6.92 Å². The van der Waals surface area contributed by atoms with Crippen molar-refractivity contribution in [2.24, 2.45) is 0 Å². The number of hydrogen-bond acceptors (Lipinski definition) is 6. The Labute approximate surface area is 142 Å². The molecule has 24 heavy (non-hydrogen) atoms. The first-order valence-electron chi connectivity index (χ1n) is 8.22. The van der Waals surface area contributed by atoms with Crippen molar-refractivity contribution >= 4 is 16.1 Å². The zero-order chi connectivity index (χ0) is 17.7. The lowest BCUT2D eigenvalue weighted by Crippen LogP contribution is -2.51. The summed E-state index contributed by atoms with van der Waals surface area (Å²) in [6.07, 6.45) is 2.07. The highest BCUT2D eigenvalue weighted by Crippen LogP contribution is 2.16. The SMILES string of the molecule is CCN(CC)S(=O)(=O)NC1CCCCN(Cc2nc(C)no2)C1=O. The third-order valence-corrected chi connectivity index (χ3v) is 5.79. The summed E-state index contributed by atoms with van der Waals surface area (Å²) in [6.45, 7) is 6.70. The number of likely N-dealkylation sites (tertiary alicyclic amines) is 1. The van der Waals surface area contributed by atoms with Crippen molar-refractivity contribution in [1.82, 2.24) is 24.1 Å². The molecule has 0 saturated carbocycles. The Kier molecular flexibility index (Phi) is 6.30. The fraction of sp³-hybridized carbons (Fsp3) is 0.786. The predicted molar refractivity (Wildman–Crippen MR) is 87.1 cm³/mol. The highest BCUT2D eigenvalue weighted by molar-refractivity contribution is 7.87. The number of amides is 1. The van der Waals surface area contributed by atoms with Crippen molar-refractivity contribution in [3.63, 3.8) is 0 Å². The van der Waals surface area contributed by atoms with Gasteiger partial charge < -0.3 is 9.42 Å². The van der Waals surface area contributed by atoms with Gasteiger partial charge in [-0.3, -0.25) is 4.79 Å². The van der Waals surface area contributed by atoms with Gasteiger partial charge in [0.1, 0.15) is 12.6 Å². The van der Waals surface area contributed by atoms with Crippen LogP contribution in [0.15, 0.2) is 4.52 Å². The number of hydrogen-bond donors (Lipinski definition) is 1. The fourth-order valence-corrected chi connectivity index (χ4v) is 4.16. The zero-order valence-electron chi connectivity index (χ0n) is 14.4. The monoisotopic (exact) mass is 359 g/mol. The van der Waals surface area contributed by atoms with E-state index in [-0.39, 0.29) is 12.5 Å². The number of carbonyl (C=O) groups is 1. The summed E-state index contributed by atoms with van der Waals surface area (Å²) in [5.41, 5.74) is 0. The van der Waals surface area contributed by atoms with Crippen LogP contribution in [0.2, 0.25) is 0 Å². The van der Waals surface area contributed by atoms with Crippen molar-refractivity contribution in [3.8, 4) is 0 Å². The Hall–Kier alpha value is -1.52. The van der Waals surface area contributed by atoms with E-state index in [1.165, 1.54) is 4.31 Å². The maximum atomic E-state index is 12.7. The molecule has 0 spiro atoms. The molecule has 0 aromatic carbocycles. The maximum absolute atomic E-state index is 12.7. The van der Waals surface area contributed by atoms with Gasteiger partial charge in [-0.05, 0) is 26.2 Å². The lowest BCUT2D eigenvalue weighted by Gasteiger charge is -2.26. The van der Waals surface area contributed by atoms with Gasteiger partial charge in [0.05, 0.1) is 0 Å². The van der Waals surface area contributed by atoms with E-state index in [2.05, 4.69) is 14.9 Å². The van der Waals surface area contributed by atoms with Crippen LogP contribution in [-0.2, 0) is 21.5 Å². The van der Waals surface area contributed by atoms with Gasteiger partial charge in [-0.15, -0.1) is 0 Å². The number of nitrogens with zero attached hydrogens (tertiary/aromatic N) is 4. The maximum Gasteiger partial charge on any atom is 0.280 e. The molecule has 1 aromatic heterocycles. The van der Waals surface area contributed by atoms with E-state index >= 15 is 0 Å². The van der Waals surface area contributed by atoms with Gasteiger partial charge in [-0.2, -0.15) is 22.4 Å². The van der Waals surface area contributed by atoms with Gasteiger partial charge >= 0.3 is 0 Å². The number of rotatable bonds is 7. The third kappa shape index (κ3) is 4.52. The standard InChI is InChI=1S/C14H25N5O4S/c1-4-19(5-2)24(21,22)17-12-8-6-7-9-18(14(12)20)10-13-15-11(3)16-23-13/h12,17H,4-10H2,1-3H3. The molecule has 1 unspecified atom stereocenters. The lowest BCUT2D eigenvalue weighted by molar-refractivity contribution is -0.133. The normalized spacial score (nSPS) is 19.8. The summed E-state index contributed by atoms with van der Waals surface area (Å²) in [7, 11) is -3.68. The number of nitrogens with one attached hydrogen (secondary N) is 1. The summed E-state index contributed by atoms with van der Waals surface area (Å²) in [5, 5.41) is 3.71. The summed E-state index contributed by atoms with van der Waals surface area (Å²) >= 11 is 0. The topological polar surface area (TPSA) is 109 Å². The minimum atomic E-state index is -3.68. The fourth-order valence-electron chi connectivity index (χ4n) is 2.76. The average Bonchev–Trinajstić information content (AvgIpc) is 2.86. The average molecular weight is 359 g/mol. The summed E-state index contributed by atoms with van der Waals surface area (Å²) in [6, 6.07) is -0.762. The number of carbonyl (C=O) groups excluding carboxylic acids is 1. The van der Waals surface area contributed by atoms with Crippen molar-refractivity contribution < 1.29 is 17.7 Å². The molecule has 0 aliphatic carbocycles. The van der Waals surface area contributed by atoms with Crippen LogP contribution in [0.4, 0.5) is 0 Å². The first-order valence-corrected chi connectivity index (χ1v) is 9.66. The largest absolute Gasteiger partial charge is 0.337 e. The lowest BCUT2D eigenvalue weighted by atomic mass is 10.1. The van der Waals surface area contributed by atoms with E-state index in [0.717, 1.165) is 12.8 Å². The Morgan fingerprint density at radius 1 is 1.33 bits per heavy atom. The molecule has 2 rings (SSSR count). The van der Waals surface area contributed by atoms with E-state index in [1.54, 1.807) is 25.7 Å². The minimum absolute atomic E-state index is 0.198. The number of aromatic nitrogens is 2. The van der Waals surface area contributed by atoms with Crippen molar-refractivity contribution in [2.45, 2.75) is 52.6 Å². The Bertz CT molecular complexity index is 656. The smallest absolute Gasteiger partial charge is 0.280 e. The van der Waals surface area contributed by atoms with Crippen LogP contribution < -0.4 is 4.72 Å². The highest BCUT2D eigenvalue weighted by atomic mass is 32.2. The van der Waals surface area contributed by atoms with E-state index in [1.807, 2.05) is 0 Å². The van der Waals surface area contributed by atoms with Gasteiger partial charge in [-0.1, -0.05) is 19.0 Å². The Morgan fingerprint density at radius 3 is 2.62 bits per heavy atom. The Balaban J connectivity index is 2.10. The summed E-state index contributed by atoms with van der Waals surface area (Å²) in [5.74, 6) is 0.609. The molecular weight excluding hydrogens is 334 g/mol. The zero-order valence-corrected chi connectivity index (χ0v) is 15.2. The van der Waals surface area contributed by atoms with Crippen LogP contribution in [0.25, 0.3) is 0 Å². The van der Waals surface area contributed by atoms with Crippen LogP contribution in [-0.4, -0.2) is 59.3 Å². The second-order valence-electron chi connectivity index (χ2n) is 5.75. The van der Waals surface area contributed by atoms with Gasteiger partial charge in [0, 0.05) is 19.6 Å². The summed E-state index contributed by atoms with van der Waals surface area (Å²) < 4.78 is 33.7. The second-order valence-corrected chi connectivity index (χ2v) is 7.45. The van der Waals surface area contributed by atoms with E-state index < -0.39 is 16.3 Å². The molecule has 1 fully saturated rings. The first kappa shape index (κ1) is 18.8. The van der Waals surface area contributed by atoms with Crippen LogP contribution in [0.5, 0.6) is 0 Å². The molecule has 2 heterocycles. The number of aryl methyl sites for hydroxylation is 1. The first-order chi connectivity index (χ1) is 11.4. The minimum Gasteiger partial charge on any atom is -0.337 e. The van der Waals surface area contributed by atoms with E-state index in [4.69, 9.17) is 4.52 Å². The highest BCUT2D eigenvalue weighted by Gasteiger charge is 2.32. The van der Waals surface area contributed by atoms with Crippen LogP contribution >= 0.6 is 0 Å². The molecule has 136 valence electrons. The van der Waals surface area contributed by atoms with Gasteiger partial charge in [0.2, 0.25) is 11.8 Å². The molecule has 1 amide bonds. The molecule has 1 aliphatic rings. The van der Waals surface area contributed by atoms with E-state index in [9.17, 15) is 13.2 Å². The summed E-state index contributed by atoms with van der Waals surface area (Å²) in [4.78, 5) is 18.4. The van der Waals surface area contributed by atoms with Gasteiger partial charge in [0.15, 0.2) is 5.82 Å². The molecule has 1 aromatic rings. The van der Waals surface area contributed by atoms with Crippen molar-refractivity contribution in [2.75, 3.05) is 19.6 Å². The Morgan fingerprint density at radius 2 is 2.04 bits per heavy atom. The van der Waals surface area contributed by atoms with Crippen molar-refractivity contribution in [3.05, 3.63) is 11.7 Å². The molecule has 9 nitrogen and oxygen atoms in total.